The fourth-order valence-electron chi connectivity index (χ4n) is 12.7. The Labute approximate surface area is 446 Å². The van der Waals surface area contributed by atoms with Crippen LogP contribution in [0.3, 0.4) is 0 Å². The summed E-state index contributed by atoms with van der Waals surface area (Å²) in [6.45, 7) is 6.43. The maximum atomic E-state index is 5.36. The second-order valence-electron chi connectivity index (χ2n) is 21.9. The van der Waals surface area contributed by atoms with Crippen molar-refractivity contribution in [3.05, 3.63) is 146 Å². The minimum atomic E-state index is 0.491. The van der Waals surface area contributed by atoms with Crippen LogP contribution in [-0.2, 0) is 34.8 Å². The molecule has 1 aromatic carbocycles. The van der Waals surface area contributed by atoms with Gasteiger partial charge in [-0.1, -0.05) is 141 Å². The SMILES string of the molecule is C/C=C/OCC.C1=CC2C3C=CC(C3)C2C1.C1=CC2CCC1C2.C1=CC2CCC1O2.C1=CCCCCCC1.CO/C=C/C1CCCCC1.CO/C=C/CCc1ccccc1.COCC1C2C=CC(C2)C1COC. The molecule has 2 aliphatic heterocycles. The van der Waals surface area contributed by atoms with E-state index in [0.29, 0.717) is 24.0 Å². The van der Waals surface area contributed by atoms with Crippen molar-refractivity contribution in [2.45, 2.75) is 161 Å². The van der Waals surface area contributed by atoms with Crippen LogP contribution >= 0.6 is 0 Å². The Kier molecular flexibility index (Phi) is 30.4. The first kappa shape index (κ1) is 60.0. The second-order valence-corrected chi connectivity index (χ2v) is 21.9. The third-order valence-electron chi connectivity index (χ3n) is 16.6. The van der Waals surface area contributed by atoms with Crippen molar-refractivity contribution in [1.82, 2.24) is 0 Å². The molecule has 0 N–H and O–H groups in total. The number of fused-ring (bicyclic) bond motifs is 11. The lowest BCUT2D eigenvalue weighted by molar-refractivity contribution is 0.0647. The molecular weight excluding hydrogens is 901 g/mol. The number of allylic oxidation sites excluding steroid dienone is 13. The molecule has 12 rings (SSSR count). The predicted molar refractivity (Wildman–Crippen MR) is 307 cm³/mol. The lowest BCUT2D eigenvalue weighted by atomic mass is 9.84. The number of rotatable bonds is 12. The molecular formula is C67H102O6. The van der Waals surface area contributed by atoms with E-state index in [1.807, 2.05) is 38.3 Å². The van der Waals surface area contributed by atoms with Crippen molar-refractivity contribution >= 4 is 0 Å². The molecule has 5 fully saturated rings. The van der Waals surface area contributed by atoms with Crippen LogP contribution in [0.1, 0.15) is 148 Å². The standard InChI is InChI=1S/C11H18O2.C11H14O.C10H12.C9H16O.C8H14.C7H10.C6H8O.C5H10O/c1-12-6-10-8-3-4-9(5-8)11(10)7-13-2;1-12-10-6-5-9-11-7-3-2-4-8-11;1-2-9-7-4-5-8(6-7)10(9)3-1;1-10-8-7-9-5-3-2-4-6-9;1-2-4-6-8-7-5-3-1;1-2-7-4-3-6(1)5-7;1-2-6-4-3-5(1)7-6;1-3-5-6-4-2/h3-4,8-11H,5-7H2,1-2H3;2-4,6-8,10H,5,9H2,1H3;1-2,4-5,7-10H,3,6H2;7-9H,2-6H2,1H3;1-2H,3-8H2;1-2,6-7H,3-5H2;1-2,5-6H,3-4H2;3,5H,4H2,1-2H3/b;10-6+;;8-7+;;;;5-3+. The summed E-state index contributed by atoms with van der Waals surface area (Å²) >= 11 is 0. The van der Waals surface area contributed by atoms with E-state index in [0.717, 1.165) is 85.9 Å². The Morgan fingerprint density at radius 3 is 1.63 bits per heavy atom. The molecule has 6 nitrogen and oxygen atoms in total. The van der Waals surface area contributed by atoms with Crippen LogP contribution in [0.25, 0.3) is 0 Å². The Balaban J connectivity index is 0.000000156. The van der Waals surface area contributed by atoms with Gasteiger partial charge in [-0.2, -0.15) is 0 Å². The Morgan fingerprint density at radius 1 is 0.562 bits per heavy atom. The number of aryl methyl sites for hydroxylation is 1. The molecule has 406 valence electrons. The van der Waals surface area contributed by atoms with Gasteiger partial charge in [0, 0.05) is 27.4 Å². The summed E-state index contributed by atoms with van der Waals surface area (Å²) in [6.07, 6.45) is 68.9. The molecule has 0 radical (unpaired) electrons. The van der Waals surface area contributed by atoms with Gasteiger partial charge < -0.3 is 28.4 Å². The van der Waals surface area contributed by atoms with Crippen molar-refractivity contribution in [3.8, 4) is 0 Å². The van der Waals surface area contributed by atoms with Crippen LogP contribution in [0.5, 0.6) is 0 Å². The summed E-state index contributed by atoms with van der Waals surface area (Å²) in [5.41, 5.74) is 1.37. The van der Waals surface area contributed by atoms with Crippen molar-refractivity contribution in [2.75, 3.05) is 48.3 Å². The molecule has 2 heterocycles. The Hall–Kier alpha value is -3.84. The first-order chi connectivity index (χ1) is 36.0. The fourth-order valence-corrected chi connectivity index (χ4v) is 12.7. The Morgan fingerprint density at radius 2 is 1.15 bits per heavy atom. The minimum absolute atomic E-state index is 0.491. The topological polar surface area (TPSA) is 55.4 Å². The molecule has 73 heavy (non-hydrogen) atoms. The van der Waals surface area contributed by atoms with E-state index in [1.54, 1.807) is 41.0 Å². The highest BCUT2D eigenvalue weighted by Crippen LogP contribution is 2.52. The lowest BCUT2D eigenvalue weighted by Gasteiger charge is -2.26. The van der Waals surface area contributed by atoms with Gasteiger partial charge in [-0.05, 0) is 199 Å². The maximum Gasteiger partial charge on any atom is 0.0845 e. The van der Waals surface area contributed by atoms with Crippen LogP contribution in [0.2, 0.25) is 0 Å². The zero-order chi connectivity index (χ0) is 51.6. The van der Waals surface area contributed by atoms with Gasteiger partial charge in [-0.25, -0.2) is 0 Å². The van der Waals surface area contributed by atoms with E-state index in [1.165, 1.54) is 128 Å². The zero-order valence-corrected chi connectivity index (χ0v) is 46.7. The molecule has 12 atom stereocenters. The average molecular weight is 1000 g/mol. The van der Waals surface area contributed by atoms with Gasteiger partial charge in [-0.15, -0.1) is 0 Å². The van der Waals surface area contributed by atoms with Gasteiger partial charge in [-0.3, -0.25) is 0 Å². The molecule has 6 heteroatoms. The number of hydrogen-bond donors (Lipinski definition) is 0. The summed E-state index contributed by atoms with van der Waals surface area (Å²) < 4.78 is 30.4. The molecule has 0 spiro atoms. The summed E-state index contributed by atoms with van der Waals surface area (Å²) in [5.74, 6) is 9.50. The first-order valence-electron chi connectivity index (χ1n) is 29.3. The molecule has 8 bridgehead atoms. The third-order valence-corrected chi connectivity index (χ3v) is 16.6. The van der Waals surface area contributed by atoms with Crippen molar-refractivity contribution < 1.29 is 28.4 Å². The number of hydrogen-bond acceptors (Lipinski definition) is 6. The number of ether oxygens (including phenoxy) is 6. The minimum Gasteiger partial charge on any atom is -0.505 e. The molecule has 0 amide bonds. The smallest absolute Gasteiger partial charge is 0.0845 e. The third kappa shape index (κ3) is 22.5. The molecule has 1 saturated heterocycles. The Bertz CT molecular complexity index is 1750. The van der Waals surface area contributed by atoms with E-state index in [9.17, 15) is 0 Å². The first-order valence-corrected chi connectivity index (χ1v) is 29.3. The van der Waals surface area contributed by atoms with E-state index in [2.05, 4.69) is 103 Å². The largest absolute Gasteiger partial charge is 0.505 e. The number of methoxy groups -OCH3 is 4. The van der Waals surface area contributed by atoms with Gasteiger partial charge >= 0.3 is 0 Å². The second kappa shape index (κ2) is 37.0. The summed E-state index contributed by atoms with van der Waals surface area (Å²) in [4.78, 5) is 0. The maximum absolute atomic E-state index is 5.36. The fraction of sp³-hybridized carbons (Fsp3) is 0.642. The lowest BCUT2D eigenvalue weighted by Crippen LogP contribution is -2.27. The highest BCUT2D eigenvalue weighted by molar-refractivity contribution is 5.22. The zero-order valence-electron chi connectivity index (χ0n) is 46.7. The molecule has 1 aromatic rings. The highest BCUT2D eigenvalue weighted by atomic mass is 16.5. The van der Waals surface area contributed by atoms with Gasteiger partial charge in [0.25, 0.3) is 0 Å². The van der Waals surface area contributed by atoms with Crippen LogP contribution < -0.4 is 0 Å². The van der Waals surface area contributed by atoms with Crippen LogP contribution in [0.15, 0.2) is 140 Å². The van der Waals surface area contributed by atoms with Gasteiger partial charge in [0.2, 0.25) is 0 Å². The van der Waals surface area contributed by atoms with Crippen molar-refractivity contribution in [3.63, 3.8) is 0 Å². The quantitative estimate of drug-likeness (QED) is 0.154. The molecule has 12 unspecified atom stereocenters. The van der Waals surface area contributed by atoms with Crippen LogP contribution in [0.4, 0.5) is 0 Å². The van der Waals surface area contributed by atoms with Crippen molar-refractivity contribution in [1.29, 1.82) is 0 Å². The average Bonchev–Trinajstić information content (AvgIpc) is 4.29. The van der Waals surface area contributed by atoms with E-state index >= 15 is 0 Å². The molecule has 11 aliphatic rings. The highest BCUT2D eigenvalue weighted by Gasteiger charge is 2.45. The van der Waals surface area contributed by atoms with Gasteiger partial charge in [0.05, 0.1) is 51.8 Å². The predicted octanol–water partition coefficient (Wildman–Crippen LogP) is 17.1. The van der Waals surface area contributed by atoms with E-state index in [4.69, 9.17) is 28.4 Å². The number of benzene rings is 1. The van der Waals surface area contributed by atoms with Gasteiger partial charge in [0.15, 0.2) is 0 Å². The normalized spacial score (nSPS) is 31.5. The summed E-state index contributed by atoms with van der Waals surface area (Å²) in [7, 11) is 6.96. The van der Waals surface area contributed by atoms with E-state index < -0.39 is 0 Å². The monoisotopic (exact) mass is 1000 g/mol. The van der Waals surface area contributed by atoms with Crippen LogP contribution in [0, 0.1) is 65.1 Å². The molecule has 0 aromatic heterocycles. The molecule has 4 saturated carbocycles. The van der Waals surface area contributed by atoms with E-state index in [-0.39, 0.29) is 0 Å². The van der Waals surface area contributed by atoms with Crippen molar-refractivity contribution in [2.24, 2.45) is 65.1 Å². The summed E-state index contributed by atoms with van der Waals surface area (Å²) in [6, 6.07) is 10.4. The molecule has 9 aliphatic carbocycles. The summed E-state index contributed by atoms with van der Waals surface area (Å²) in [5, 5.41) is 0. The van der Waals surface area contributed by atoms with Crippen LogP contribution in [-0.4, -0.2) is 60.5 Å². The van der Waals surface area contributed by atoms with Gasteiger partial charge in [0.1, 0.15) is 0 Å².